The van der Waals surface area contributed by atoms with Crippen LogP contribution in [-0.4, -0.2) is 59.5 Å². The fourth-order valence-electron chi connectivity index (χ4n) is 3.37. The van der Waals surface area contributed by atoms with Gasteiger partial charge in [-0.05, 0) is 43.7 Å². The van der Waals surface area contributed by atoms with Crippen molar-refractivity contribution in [2.24, 2.45) is 0 Å². The van der Waals surface area contributed by atoms with Gasteiger partial charge in [0.15, 0.2) is 0 Å². The monoisotopic (exact) mass is 414 g/mol. The molecule has 1 atom stereocenters. The van der Waals surface area contributed by atoms with Crippen molar-refractivity contribution in [2.75, 3.05) is 26.0 Å². The van der Waals surface area contributed by atoms with E-state index in [0.29, 0.717) is 33.8 Å². The fourth-order valence-corrected chi connectivity index (χ4v) is 3.37. The molecule has 1 aromatic carbocycles. The van der Waals surface area contributed by atoms with Crippen LogP contribution in [0.1, 0.15) is 32.9 Å². The summed E-state index contributed by atoms with van der Waals surface area (Å²) in [5, 5.41) is 15.1. The van der Waals surface area contributed by atoms with Gasteiger partial charge >= 0.3 is 0 Å². The molecule has 0 fully saturated rings. The van der Waals surface area contributed by atoms with Gasteiger partial charge in [0.1, 0.15) is 11.9 Å². The summed E-state index contributed by atoms with van der Waals surface area (Å²) in [6.45, 7) is 3.19. The summed E-state index contributed by atoms with van der Waals surface area (Å²) in [7, 11) is 3.02. The van der Waals surface area contributed by atoms with Crippen LogP contribution in [0.2, 0.25) is 0 Å². The number of likely N-dealkylation sites (N-methyl/N-ethyl adjacent to an activating group) is 1. The number of hydrogen-bond donors (Lipinski definition) is 4. The van der Waals surface area contributed by atoms with Gasteiger partial charge in [0.2, 0.25) is 0 Å². The fraction of sp³-hybridized carbons (Fsp3) is 0.286. The Labute approximate surface area is 172 Å². The molecule has 0 saturated carbocycles. The number of halogens is 1. The largest absolute Gasteiger partial charge is 0.381 e. The normalized spacial score (nSPS) is 15.0. The van der Waals surface area contributed by atoms with Crippen LogP contribution < -0.4 is 10.6 Å². The zero-order chi connectivity index (χ0) is 22.2. The minimum Gasteiger partial charge on any atom is -0.381 e. The van der Waals surface area contributed by atoms with Crippen molar-refractivity contribution < 1.29 is 23.9 Å². The number of carbonyl (C=O) groups is 3. The molecular formula is C21H23FN4O4. The summed E-state index contributed by atoms with van der Waals surface area (Å²) in [6, 6.07) is 4.04. The zero-order valence-corrected chi connectivity index (χ0v) is 17.1. The Kier molecular flexibility index (Phi) is 5.75. The molecule has 2 aromatic rings. The zero-order valence-electron chi connectivity index (χ0n) is 17.1. The molecular weight excluding hydrogens is 391 g/mol. The Hall–Kier alpha value is -3.46. The third-order valence-corrected chi connectivity index (χ3v) is 4.94. The molecule has 8 nitrogen and oxygen atoms in total. The molecule has 0 saturated heterocycles. The Morgan fingerprint density at radius 2 is 2.00 bits per heavy atom. The number of hydrogen-bond acceptors (Lipinski definition) is 4. The standard InChI is InChI=1S/C21H23FN4O4/c1-10-16(8-14-13-7-12(22)5-6-15(13)25-19(14)28)24-11(2)18(10)20(29)23-9-17(27)21(30)26(3)4/h5-8,17,24,27H,9H2,1-4H3,(H,23,29)(H,25,28)/b14-8-/t17-/m1/s1. The van der Waals surface area contributed by atoms with Crippen LogP contribution in [0.3, 0.4) is 0 Å². The lowest BCUT2D eigenvalue weighted by Crippen LogP contribution is -2.42. The van der Waals surface area contributed by atoms with E-state index < -0.39 is 23.7 Å². The van der Waals surface area contributed by atoms with Crippen LogP contribution >= 0.6 is 0 Å². The van der Waals surface area contributed by atoms with E-state index in [4.69, 9.17) is 0 Å². The number of benzene rings is 1. The number of rotatable bonds is 5. The maximum Gasteiger partial charge on any atom is 0.256 e. The molecule has 1 aliphatic rings. The molecule has 3 rings (SSSR count). The number of amides is 3. The molecule has 158 valence electrons. The number of carbonyl (C=O) groups excluding carboxylic acids is 3. The van der Waals surface area contributed by atoms with Gasteiger partial charge in [-0.15, -0.1) is 0 Å². The number of aliphatic hydroxyl groups excluding tert-OH is 1. The van der Waals surface area contributed by atoms with Gasteiger partial charge in [0.25, 0.3) is 17.7 Å². The number of nitrogens with zero attached hydrogens (tertiary/aromatic N) is 1. The second-order valence-electron chi connectivity index (χ2n) is 7.32. The first kappa shape index (κ1) is 21.3. The topological polar surface area (TPSA) is 115 Å². The van der Waals surface area contributed by atoms with Crippen molar-refractivity contribution in [3.8, 4) is 0 Å². The first-order valence-electron chi connectivity index (χ1n) is 9.29. The smallest absolute Gasteiger partial charge is 0.256 e. The van der Waals surface area contributed by atoms with Crippen LogP contribution in [-0.2, 0) is 9.59 Å². The minimum atomic E-state index is -1.35. The first-order valence-corrected chi connectivity index (χ1v) is 9.29. The maximum absolute atomic E-state index is 13.6. The van der Waals surface area contributed by atoms with Gasteiger partial charge in [-0.1, -0.05) is 0 Å². The highest BCUT2D eigenvalue weighted by Gasteiger charge is 2.26. The molecule has 3 amide bonds. The van der Waals surface area contributed by atoms with Crippen molar-refractivity contribution in [2.45, 2.75) is 20.0 Å². The lowest BCUT2D eigenvalue weighted by molar-refractivity contribution is -0.137. The maximum atomic E-state index is 13.6. The van der Waals surface area contributed by atoms with E-state index in [1.54, 1.807) is 19.9 Å². The third kappa shape index (κ3) is 3.97. The lowest BCUT2D eigenvalue weighted by atomic mass is 10.0. The minimum absolute atomic E-state index is 0.231. The van der Waals surface area contributed by atoms with Gasteiger partial charge in [0.05, 0.1) is 17.7 Å². The number of aliphatic hydroxyl groups is 1. The Balaban J connectivity index is 1.86. The van der Waals surface area contributed by atoms with Crippen LogP contribution in [0.5, 0.6) is 0 Å². The van der Waals surface area contributed by atoms with Crippen LogP contribution in [0.25, 0.3) is 11.6 Å². The first-order chi connectivity index (χ1) is 14.1. The molecule has 4 N–H and O–H groups in total. The number of H-pyrrole nitrogens is 1. The van der Waals surface area contributed by atoms with Gasteiger partial charge in [-0.3, -0.25) is 14.4 Å². The van der Waals surface area contributed by atoms with E-state index in [9.17, 15) is 23.9 Å². The number of aromatic nitrogens is 1. The molecule has 30 heavy (non-hydrogen) atoms. The van der Waals surface area contributed by atoms with Crippen molar-refractivity contribution in [1.29, 1.82) is 0 Å². The molecule has 0 radical (unpaired) electrons. The average molecular weight is 414 g/mol. The van der Waals surface area contributed by atoms with E-state index in [0.717, 1.165) is 0 Å². The van der Waals surface area contributed by atoms with E-state index >= 15 is 0 Å². The lowest BCUT2D eigenvalue weighted by Gasteiger charge is -2.16. The number of aromatic amines is 1. The van der Waals surface area contributed by atoms with Crippen molar-refractivity contribution in [3.05, 3.63) is 52.1 Å². The van der Waals surface area contributed by atoms with Gasteiger partial charge < -0.3 is 25.6 Å². The second-order valence-corrected chi connectivity index (χ2v) is 7.32. The van der Waals surface area contributed by atoms with E-state index in [1.807, 2.05) is 0 Å². The second kappa shape index (κ2) is 8.11. The van der Waals surface area contributed by atoms with Crippen molar-refractivity contribution >= 4 is 35.1 Å². The summed E-state index contributed by atoms with van der Waals surface area (Å²) in [4.78, 5) is 41.0. The highest BCUT2D eigenvalue weighted by Crippen LogP contribution is 2.34. The van der Waals surface area contributed by atoms with E-state index in [2.05, 4.69) is 15.6 Å². The molecule has 0 spiro atoms. The average Bonchev–Trinajstić information content (AvgIpc) is 3.14. The molecule has 0 unspecified atom stereocenters. The molecule has 1 aromatic heterocycles. The van der Waals surface area contributed by atoms with Gasteiger partial charge in [-0.25, -0.2) is 4.39 Å². The predicted molar refractivity (Wildman–Crippen MR) is 110 cm³/mol. The molecule has 0 bridgehead atoms. The van der Waals surface area contributed by atoms with Crippen LogP contribution in [0.4, 0.5) is 10.1 Å². The SMILES string of the molecule is Cc1[nH]c(/C=C2\C(=O)Nc3ccc(F)cc32)c(C)c1C(=O)NC[C@@H](O)C(=O)N(C)C. The van der Waals surface area contributed by atoms with Crippen molar-refractivity contribution in [3.63, 3.8) is 0 Å². The van der Waals surface area contributed by atoms with Crippen LogP contribution in [0, 0.1) is 19.7 Å². The summed E-state index contributed by atoms with van der Waals surface area (Å²) in [5.41, 5.74) is 3.28. The Morgan fingerprint density at radius 1 is 1.30 bits per heavy atom. The predicted octanol–water partition coefficient (Wildman–Crippen LogP) is 1.44. The quantitative estimate of drug-likeness (QED) is 0.554. The summed E-state index contributed by atoms with van der Waals surface area (Å²) >= 11 is 0. The van der Waals surface area contributed by atoms with Gasteiger partial charge in [0, 0.05) is 36.7 Å². The number of nitrogens with one attached hydrogen (secondary N) is 3. The summed E-state index contributed by atoms with van der Waals surface area (Å²) in [5.74, 6) is -1.79. The number of anilines is 1. The van der Waals surface area contributed by atoms with Crippen LogP contribution in [0.15, 0.2) is 18.2 Å². The van der Waals surface area contributed by atoms with E-state index in [-0.39, 0.29) is 18.0 Å². The Morgan fingerprint density at radius 3 is 2.67 bits per heavy atom. The highest BCUT2D eigenvalue weighted by molar-refractivity contribution is 6.34. The molecule has 0 aliphatic carbocycles. The Bertz CT molecular complexity index is 1070. The summed E-state index contributed by atoms with van der Waals surface area (Å²) < 4.78 is 13.6. The number of fused-ring (bicyclic) bond motifs is 1. The highest BCUT2D eigenvalue weighted by atomic mass is 19.1. The number of aryl methyl sites for hydroxylation is 1. The van der Waals surface area contributed by atoms with Crippen molar-refractivity contribution in [1.82, 2.24) is 15.2 Å². The van der Waals surface area contributed by atoms with E-state index in [1.165, 1.54) is 37.2 Å². The molecule has 9 heteroatoms. The summed E-state index contributed by atoms with van der Waals surface area (Å²) in [6.07, 6.45) is 0.225. The molecule has 1 aliphatic heterocycles. The third-order valence-electron chi connectivity index (χ3n) is 4.94. The molecule has 2 heterocycles. The van der Waals surface area contributed by atoms with Gasteiger partial charge in [-0.2, -0.15) is 0 Å².